The zero-order valence-corrected chi connectivity index (χ0v) is 11.8. The lowest BCUT2D eigenvalue weighted by molar-refractivity contribution is 0.847. The number of benzene rings is 2. The van der Waals surface area contributed by atoms with E-state index in [4.69, 9.17) is 0 Å². The molecule has 0 aliphatic rings. The Bertz CT molecular complexity index is 584. The van der Waals surface area contributed by atoms with Crippen LogP contribution in [0.25, 0.3) is 0 Å². The average molecular weight is 300 g/mol. The summed E-state index contributed by atoms with van der Waals surface area (Å²) in [5.41, 5.74) is 3.47. The van der Waals surface area contributed by atoms with E-state index in [0.29, 0.717) is 0 Å². The monoisotopic (exact) mass is 299 g/mol. The SMILES string of the molecule is Cc1cccc(C(C#N)Cc2cccc(Br)c2)c1. The zero-order chi connectivity index (χ0) is 13.0. The molecule has 90 valence electrons. The molecule has 0 spiro atoms. The van der Waals surface area contributed by atoms with Gasteiger partial charge in [-0.3, -0.25) is 0 Å². The Hall–Kier alpha value is -1.59. The molecule has 2 rings (SSSR count). The van der Waals surface area contributed by atoms with E-state index < -0.39 is 0 Å². The number of aryl methyl sites for hydroxylation is 1. The summed E-state index contributed by atoms with van der Waals surface area (Å²) >= 11 is 3.46. The third-order valence-corrected chi connectivity index (χ3v) is 3.42. The van der Waals surface area contributed by atoms with Crippen molar-refractivity contribution < 1.29 is 0 Å². The minimum atomic E-state index is -0.0841. The van der Waals surface area contributed by atoms with E-state index in [9.17, 15) is 5.26 Å². The lowest BCUT2D eigenvalue weighted by Crippen LogP contribution is -2.00. The molecule has 0 amide bonds. The summed E-state index contributed by atoms with van der Waals surface area (Å²) in [5.74, 6) is -0.0841. The molecule has 0 aliphatic carbocycles. The fraction of sp³-hybridized carbons (Fsp3) is 0.188. The highest BCUT2D eigenvalue weighted by Gasteiger charge is 2.11. The van der Waals surface area contributed by atoms with Crippen LogP contribution in [0.1, 0.15) is 22.6 Å². The first-order valence-corrected chi connectivity index (χ1v) is 6.69. The van der Waals surface area contributed by atoms with Crippen LogP contribution in [0.15, 0.2) is 53.0 Å². The van der Waals surface area contributed by atoms with Crippen LogP contribution in [0.3, 0.4) is 0 Å². The zero-order valence-electron chi connectivity index (χ0n) is 10.2. The standard InChI is InChI=1S/C16H14BrN/c1-12-4-2-6-14(8-12)15(11-18)9-13-5-3-7-16(17)10-13/h2-8,10,15H,9H2,1H3. The highest BCUT2D eigenvalue weighted by atomic mass is 79.9. The van der Waals surface area contributed by atoms with E-state index in [0.717, 1.165) is 16.5 Å². The Kier molecular flexibility index (Phi) is 4.17. The smallest absolute Gasteiger partial charge is 0.0753 e. The van der Waals surface area contributed by atoms with Gasteiger partial charge in [0.25, 0.3) is 0 Å². The molecule has 2 heteroatoms. The Morgan fingerprint density at radius 1 is 1.17 bits per heavy atom. The molecule has 2 aromatic rings. The lowest BCUT2D eigenvalue weighted by Gasteiger charge is -2.10. The number of rotatable bonds is 3. The van der Waals surface area contributed by atoms with Gasteiger partial charge in [0.15, 0.2) is 0 Å². The van der Waals surface area contributed by atoms with Gasteiger partial charge in [0, 0.05) is 4.47 Å². The number of hydrogen-bond acceptors (Lipinski definition) is 1. The highest BCUT2D eigenvalue weighted by Crippen LogP contribution is 2.22. The van der Waals surface area contributed by atoms with Crippen LogP contribution in [0.2, 0.25) is 0 Å². The molecule has 0 saturated heterocycles. The van der Waals surface area contributed by atoms with E-state index in [1.165, 1.54) is 11.1 Å². The van der Waals surface area contributed by atoms with Crippen LogP contribution >= 0.6 is 15.9 Å². The molecule has 0 radical (unpaired) electrons. The average Bonchev–Trinajstić information content (AvgIpc) is 2.36. The lowest BCUT2D eigenvalue weighted by atomic mass is 9.92. The van der Waals surface area contributed by atoms with E-state index >= 15 is 0 Å². The van der Waals surface area contributed by atoms with Gasteiger partial charge in [0.2, 0.25) is 0 Å². The maximum absolute atomic E-state index is 9.34. The van der Waals surface area contributed by atoms with E-state index in [2.05, 4.69) is 53.2 Å². The van der Waals surface area contributed by atoms with Crippen molar-refractivity contribution >= 4 is 15.9 Å². The van der Waals surface area contributed by atoms with Gasteiger partial charge in [-0.25, -0.2) is 0 Å². The third kappa shape index (κ3) is 3.21. The van der Waals surface area contributed by atoms with E-state index in [1.807, 2.05) is 24.3 Å². The molecule has 1 unspecified atom stereocenters. The topological polar surface area (TPSA) is 23.8 Å². The predicted octanol–water partition coefficient (Wildman–Crippen LogP) is 4.61. The van der Waals surface area contributed by atoms with Crippen molar-refractivity contribution in [3.8, 4) is 6.07 Å². The van der Waals surface area contributed by atoms with Crippen molar-refractivity contribution in [2.45, 2.75) is 19.3 Å². The number of nitrogens with zero attached hydrogens (tertiary/aromatic N) is 1. The minimum Gasteiger partial charge on any atom is -0.198 e. The van der Waals surface area contributed by atoms with Crippen LogP contribution in [0.4, 0.5) is 0 Å². The molecule has 0 N–H and O–H groups in total. The quantitative estimate of drug-likeness (QED) is 0.812. The van der Waals surface area contributed by atoms with Gasteiger partial charge in [0.05, 0.1) is 12.0 Å². The molecule has 2 aromatic carbocycles. The molecule has 18 heavy (non-hydrogen) atoms. The fourth-order valence-electron chi connectivity index (χ4n) is 2.02. The van der Waals surface area contributed by atoms with Crippen LogP contribution in [-0.4, -0.2) is 0 Å². The van der Waals surface area contributed by atoms with Crippen molar-refractivity contribution in [1.29, 1.82) is 5.26 Å². The summed E-state index contributed by atoms with van der Waals surface area (Å²) in [5, 5.41) is 9.34. The molecule has 0 saturated carbocycles. The van der Waals surface area contributed by atoms with Crippen LogP contribution < -0.4 is 0 Å². The molecule has 0 heterocycles. The Labute approximate surface area is 116 Å². The first kappa shape index (κ1) is 12.9. The van der Waals surface area contributed by atoms with Crippen molar-refractivity contribution in [3.63, 3.8) is 0 Å². The summed E-state index contributed by atoms with van der Waals surface area (Å²) in [7, 11) is 0. The van der Waals surface area contributed by atoms with Crippen LogP contribution in [-0.2, 0) is 6.42 Å². The second-order valence-electron chi connectivity index (χ2n) is 4.43. The molecule has 1 atom stereocenters. The van der Waals surface area contributed by atoms with Crippen LogP contribution in [0, 0.1) is 18.3 Å². The molecular formula is C16H14BrN. The summed E-state index contributed by atoms with van der Waals surface area (Å²) in [6.07, 6.45) is 0.749. The highest BCUT2D eigenvalue weighted by molar-refractivity contribution is 9.10. The fourth-order valence-corrected chi connectivity index (χ4v) is 2.47. The van der Waals surface area contributed by atoms with E-state index in [1.54, 1.807) is 0 Å². The summed E-state index contributed by atoms with van der Waals surface area (Å²) in [6, 6.07) is 18.7. The Balaban J connectivity index is 2.23. The maximum Gasteiger partial charge on any atom is 0.0753 e. The largest absolute Gasteiger partial charge is 0.198 e. The van der Waals surface area contributed by atoms with Gasteiger partial charge in [-0.15, -0.1) is 0 Å². The Morgan fingerprint density at radius 3 is 2.61 bits per heavy atom. The van der Waals surface area contributed by atoms with Gasteiger partial charge in [-0.1, -0.05) is 57.9 Å². The number of hydrogen-bond donors (Lipinski definition) is 0. The van der Waals surface area contributed by atoms with E-state index in [-0.39, 0.29) is 5.92 Å². The summed E-state index contributed by atoms with van der Waals surface area (Å²) in [6.45, 7) is 2.05. The Morgan fingerprint density at radius 2 is 1.94 bits per heavy atom. The van der Waals surface area contributed by atoms with Gasteiger partial charge in [0.1, 0.15) is 0 Å². The normalized spacial score (nSPS) is 11.8. The maximum atomic E-state index is 9.34. The van der Waals surface area contributed by atoms with Gasteiger partial charge < -0.3 is 0 Å². The van der Waals surface area contributed by atoms with Crippen LogP contribution in [0.5, 0.6) is 0 Å². The second-order valence-corrected chi connectivity index (χ2v) is 5.35. The summed E-state index contributed by atoms with van der Waals surface area (Å²) < 4.78 is 1.06. The third-order valence-electron chi connectivity index (χ3n) is 2.93. The molecule has 1 nitrogen and oxygen atoms in total. The second kappa shape index (κ2) is 5.84. The first-order valence-electron chi connectivity index (χ1n) is 5.89. The number of halogens is 1. The van der Waals surface area contributed by atoms with Gasteiger partial charge in [-0.05, 0) is 36.6 Å². The molecular weight excluding hydrogens is 286 g/mol. The van der Waals surface area contributed by atoms with Crippen molar-refractivity contribution in [1.82, 2.24) is 0 Å². The number of nitriles is 1. The molecule has 0 bridgehead atoms. The predicted molar refractivity (Wildman–Crippen MR) is 77.4 cm³/mol. The summed E-state index contributed by atoms with van der Waals surface area (Å²) in [4.78, 5) is 0. The van der Waals surface area contributed by atoms with Crippen molar-refractivity contribution in [3.05, 3.63) is 69.7 Å². The van der Waals surface area contributed by atoms with Gasteiger partial charge in [-0.2, -0.15) is 5.26 Å². The molecule has 0 aromatic heterocycles. The van der Waals surface area contributed by atoms with Crippen molar-refractivity contribution in [2.75, 3.05) is 0 Å². The molecule has 0 fully saturated rings. The molecule has 0 aliphatic heterocycles. The first-order chi connectivity index (χ1) is 8.69. The van der Waals surface area contributed by atoms with Crippen molar-refractivity contribution in [2.24, 2.45) is 0 Å². The van der Waals surface area contributed by atoms with Gasteiger partial charge >= 0.3 is 0 Å². The minimum absolute atomic E-state index is 0.0841.